The van der Waals surface area contributed by atoms with E-state index >= 15 is 0 Å². The molecule has 2 N–H and O–H groups in total. The van der Waals surface area contributed by atoms with Gasteiger partial charge in [-0.2, -0.15) is 0 Å². The van der Waals surface area contributed by atoms with E-state index in [1.54, 1.807) is 28.0 Å². The molecule has 2 aromatic carbocycles. The van der Waals surface area contributed by atoms with E-state index in [1.165, 1.54) is 22.2 Å². The molecule has 0 saturated carbocycles. The van der Waals surface area contributed by atoms with E-state index in [4.69, 9.17) is 10.7 Å². The summed E-state index contributed by atoms with van der Waals surface area (Å²) in [6, 6.07) is 13.4. The van der Waals surface area contributed by atoms with Crippen molar-refractivity contribution >= 4 is 39.2 Å². The second-order valence-electron chi connectivity index (χ2n) is 8.22. The number of nitrogens with two attached hydrogens (primary N) is 1. The van der Waals surface area contributed by atoms with E-state index in [0.717, 1.165) is 51.9 Å². The molecule has 5 rings (SSSR count). The molecule has 1 amide bonds. The van der Waals surface area contributed by atoms with Crippen LogP contribution in [0.25, 0.3) is 15.9 Å². The first-order chi connectivity index (χ1) is 15.4. The first-order valence-corrected chi connectivity index (χ1v) is 12.4. The number of thiophene rings is 1. The largest absolute Gasteiger partial charge is 0.366 e. The normalized spacial score (nSPS) is 12.9. The highest BCUT2D eigenvalue weighted by molar-refractivity contribution is 7.98. The molecule has 162 valence electrons. The van der Waals surface area contributed by atoms with Gasteiger partial charge in [-0.25, -0.2) is 4.98 Å². The lowest BCUT2D eigenvalue weighted by Crippen LogP contribution is -2.22. The Morgan fingerprint density at radius 2 is 2.03 bits per heavy atom. The van der Waals surface area contributed by atoms with Crippen LogP contribution in [0.3, 0.4) is 0 Å². The topological polar surface area (TPSA) is 78.0 Å². The van der Waals surface area contributed by atoms with E-state index < -0.39 is 5.91 Å². The Bertz CT molecular complexity index is 1440. The minimum absolute atomic E-state index is 0.00902. The van der Waals surface area contributed by atoms with Crippen LogP contribution in [-0.4, -0.2) is 15.5 Å². The number of carbonyl (C=O) groups excluding carboxylic acids is 1. The molecule has 32 heavy (non-hydrogen) atoms. The second kappa shape index (κ2) is 8.22. The Morgan fingerprint density at radius 1 is 1.19 bits per heavy atom. The molecule has 0 saturated heterocycles. The fourth-order valence-corrected chi connectivity index (χ4v) is 6.60. The Labute approximate surface area is 194 Å². The Morgan fingerprint density at radius 3 is 2.81 bits per heavy atom. The van der Waals surface area contributed by atoms with Crippen molar-refractivity contribution in [1.29, 1.82) is 0 Å². The Balaban J connectivity index is 1.65. The lowest BCUT2D eigenvalue weighted by molar-refractivity contribution is 0.1000. The van der Waals surface area contributed by atoms with Crippen molar-refractivity contribution < 1.29 is 4.79 Å². The van der Waals surface area contributed by atoms with Crippen LogP contribution in [0.5, 0.6) is 0 Å². The van der Waals surface area contributed by atoms with Crippen LogP contribution in [0.4, 0.5) is 0 Å². The third-order valence-electron chi connectivity index (χ3n) is 5.88. The van der Waals surface area contributed by atoms with Crippen LogP contribution >= 0.6 is 23.1 Å². The van der Waals surface area contributed by atoms with Gasteiger partial charge in [0.2, 0.25) is 5.91 Å². The zero-order valence-corrected chi connectivity index (χ0v) is 19.6. The molecular formula is C25H23N3O2S2. The van der Waals surface area contributed by atoms with Gasteiger partial charge in [-0.3, -0.25) is 14.2 Å². The predicted molar refractivity (Wildman–Crippen MR) is 131 cm³/mol. The van der Waals surface area contributed by atoms with Crippen LogP contribution in [0.2, 0.25) is 0 Å². The van der Waals surface area contributed by atoms with Gasteiger partial charge >= 0.3 is 0 Å². The summed E-state index contributed by atoms with van der Waals surface area (Å²) in [4.78, 5) is 32.5. The number of hydrogen-bond donors (Lipinski definition) is 1. The zero-order valence-electron chi connectivity index (χ0n) is 18.0. The Hall–Kier alpha value is -2.90. The summed E-state index contributed by atoms with van der Waals surface area (Å²) in [7, 11) is 0. The molecule has 0 fully saturated rings. The molecule has 2 heterocycles. The molecule has 0 radical (unpaired) electrons. The first kappa shape index (κ1) is 21.0. The molecule has 1 aliphatic rings. The summed E-state index contributed by atoms with van der Waals surface area (Å²) in [6.07, 6.45) is 3.08. The smallest absolute Gasteiger partial charge is 0.267 e. The van der Waals surface area contributed by atoms with E-state index in [-0.39, 0.29) is 5.56 Å². The maximum Gasteiger partial charge on any atom is 0.267 e. The van der Waals surface area contributed by atoms with Crippen molar-refractivity contribution in [2.45, 2.75) is 44.0 Å². The summed E-state index contributed by atoms with van der Waals surface area (Å²) in [5.41, 5.74) is 11.1. The number of aryl methyl sites for hydroxylation is 4. The summed E-state index contributed by atoms with van der Waals surface area (Å²) in [6.45, 7) is 4.08. The number of aromatic nitrogens is 2. The number of nitrogens with zero attached hydrogens (tertiary/aromatic N) is 2. The number of thioether (sulfide) groups is 1. The van der Waals surface area contributed by atoms with Gasteiger partial charge in [0.15, 0.2) is 5.16 Å². The highest BCUT2D eigenvalue weighted by Crippen LogP contribution is 2.36. The number of benzene rings is 2. The predicted octanol–water partition coefficient (Wildman–Crippen LogP) is 4.94. The highest BCUT2D eigenvalue weighted by atomic mass is 32.2. The number of primary amides is 1. The average molecular weight is 462 g/mol. The van der Waals surface area contributed by atoms with E-state index in [9.17, 15) is 9.59 Å². The van der Waals surface area contributed by atoms with Crippen molar-refractivity contribution in [3.63, 3.8) is 0 Å². The van der Waals surface area contributed by atoms with Gasteiger partial charge in [0.05, 0.1) is 11.1 Å². The molecule has 4 aromatic rings. The number of carbonyl (C=O) groups is 1. The van der Waals surface area contributed by atoms with Gasteiger partial charge in [0.25, 0.3) is 5.56 Å². The molecule has 0 bridgehead atoms. The van der Waals surface area contributed by atoms with E-state index in [2.05, 4.69) is 6.07 Å². The van der Waals surface area contributed by atoms with Crippen LogP contribution in [0.15, 0.2) is 52.4 Å². The van der Waals surface area contributed by atoms with Gasteiger partial charge in [0, 0.05) is 16.2 Å². The third kappa shape index (κ3) is 3.65. The van der Waals surface area contributed by atoms with Gasteiger partial charge in [-0.15, -0.1) is 11.3 Å². The molecule has 0 unspecified atom stereocenters. The highest BCUT2D eigenvalue weighted by Gasteiger charge is 2.24. The fraction of sp³-hybridized carbons (Fsp3) is 0.240. The SMILES string of the molecule is Cc1ccc(-n2c(SCc3cccc(C(N)=O)c3)nc3sc4c(c3c2=O)CCC4)c(C)c1. The zero-order chi connectivity index (χ0) is 22.4. The monoisotopic (exact) mass is 461 g/mol. The number of hydrogen-bond acceptors (Lipinski definition) is 5. The number of amides is 1. The third-order valence-corrected chi connectivity index (χ3v) is 8.08. The van der Waals surface area contributed by atoms with E-state index in [0.29, 0.717) is 16.5 Å². The average Bonchev–Trinajstić information content (AvgIpc) is 3.34. The van der Waals surface area contributed by atoms with Crippen LogP contribution in [0.1, 0.15) is 43.9 Å². The van der Waals surface area contributed by atoms with Crippen molar-refractivity contribution in [2.24, 2.45) is 5.73 Å². The summed E-state index contributed by atoms with van der Waals surface area (Å²) >= 11 is 3.16. The van der Waals surface area contributed by atoms with Crippen LogP contribution in [-0.2, 0) is 18.6 Å². The maximum atomic E-state index is 13.8. The van der Waals surface area contributed by atoms with Gasteiger partial charge in [0.1, 0.15) is 4.83 Å². The number of fused-ring (bicyclic) bond motifs is 3. The molecule has 1 aliphatic carbocycles. The quantitative estimate of drug-likeness (QED) is 0.337. The lowest BCUT2D eigenvalue weighted by atomic mass is 10.1. The second-order valence-corrected chi connectivity index (χ2v) is 10.2. The van der Waals surface area contributed by atoms with Gasteiger partial charge in [-0.1, -0.05) is 41.6 Å². The fourth-order valence-electron chi connectivity index (χ4n) is 4.35. The minimum Gasteiger partial charge on any atom is -0.366 e. The summed E-state index contributed by atoms with van der Waals surface area (Å²) in [5, 5.41) is 1.45. The van der Waals surface area contributed by atoms with Crippen molar-refractivity contribution in [1.82, 2.24) is 9.55 Å². The molecule has 5 nitrogen and oxygen atoms in total. The maximum absolute atomic E-state index is 13.8. The molecule has 0 spiro atoms. The van der Waals surface area contributed by atoms with E-state index in [1.807, 2.05) is 38.1 Å². The molecular weight excluding hydrogens is 438 g/mol. The Kier molecular flexibility index (Phi) is 5.39. The van der Waals surface area contributed by atoms with Crippen LogP contribution < -0.4 is 11.3 Å². The summed E-state index contributed by atoms with van der Waals surface area (Å²) < 4.78 is 1.77. The van der Waals surface area contributed by atoms with Crippen LogP contribution in [0, 0.1) is 13.8 Å². The standard InChI is InChI=1S/C25H23N3O2S2/c1-14-9-10-19(15(2)11-14)28-24(30)21-18-7-4-8-20(18)32-23(21)27-25(28)31-13-16-5-3-6-17(12-16)22(26)29/h3,5-6,9-12H,4,7-8,13H2,1-2H3,(H2,26,29). The van der Waals surface area contributed by atoms with Crippen molar-refractivity contribution in [3.05, 3.63) is 85.5 Å². The minimum atomic E-state index is -0.448. The van der Waals surface area contributed by atoms with Gasteiger partial charge < -0.3 is 5.73 Å². The van der Waals surface area contributed by atoms with Gasteiger partial charge in [-0.05, 0) is 68.0 Å². The summed E-state index contributed by atoms with van der Waals surface area (Å²) in [5.74, 6) is 0.131. The lowest BCUT2D eigenvalue weighted by Gasteiger charge is -2.15. The van der Waals surface area contributed by atoms with Crippen molar-refractivity contribution in [2.75, 3.05) is 0 Å². The first-order valence-electron chi connectivity index (χ1n) is 10.6. The van der Waals surface area contributed by atoms with Crippen molar-refractivity contribution in [3.8, 4) is 5.69 Å². The molecule has 0 atom stereocenters. The molecule has 0 aliphatic heterocycles. The number of rotatable bonds is 5. The molecule has 7 heteroatoms. The molecule has 2 aromatic heterocycles.